The highest BCUT2D eigenvalue weighted by Gasteiger charge is 2.42. The molecule has 1 aliphatic heterocycles. The maximum absolute atomic E-state index is 13.5. The molecular weight excluding hydrogens is 377 g/mol. The lowest BCUT2D eigenvalue weighted by atomic mass is 10.0. The van der Waals surface area contributed by atoms with Crippen LogP contribution in [-0.2, 0) is 14.8 Å². The number of hydrogen-bond donors (Lipinski definition) is 0. The molecule has 0 aliphatic carbocycles. The van der Waals surface area contributed by atoms with Crippen molar-refractivity contribution in [1.82, 2.24) is 4.31 Å². The van der Waals surface area contributed by atoms with E-state index in [-0.39, 0.29) is 17.9 Å². The van der Waals surface area contributed by atoms with E-state index in [0.717, 1.165) is 43.2 Å². The quantitative estimate of drug-likeness (QED) is 0.590. The number of rotatable bonds is 8. The van der Waals surface area contributed by atoms with Gasteiger partial charge in [0.2, 0.25) is 10.0 Å². The number of methoxy groups -OCH3 is 1. The molecule has 1 fully saturated rings. The normalized spacial score (nSPS) is 20.5. The molecule has 2 aromatic rings. The summed E-state index contributed by atoms with van der Waals surface area (Å²) in [5.41, 5.74) is 1.86. The lowest BCUT2D eigenvalue weighted by Crippen LogP contribution is -2.37. The third-order valence-corrected chi connectivity index (χ3v) is 7.40. The number of nitrogens with zero attached hydrogens (tertiary/aromatic N) is 1. The van der Waals surface area contributed by atoms with Crippen LogP contribution in [0.2, 0.25) is 0 Å². The Hall–Kier alpha value is -1.76. The molecule has 1 saturated heterocycles. The first-order chi connectivity index (χ1) is 13.4. The highest BCUT2D eigenvalue weighted by Crippen LogP contribution is 2.42. The number of aryl methyl sites for hydroxylation is 1. The van der Waals surface area contributed by atoms with Crippen molar-refractivity contribution in [3.8, 4) is 0 Å². The molecule has 0 radical (unpaired) electrons. The maximum Gasteiger partial charge on any atom is 0.243 e. The smallest absolute Gasteiger partial charge is 0.243 e. The summed E-state index contributed by atoms with van der Waals surface area (Å²) < 4.78 is 47.2. The van der Waals surface area contributed by atoms with Crippen molar-refractivity contribution in [1.29, 1.82) is 0 Å². The Kier molecular flexibility index (Phi) is 6.86. The van der Waals surface area contributed by atoms with Gasteiger partial charge in [-0.2, -0.15) is 4.31 Å². The van der Waals surface area contributed by atoms with E-state index in [2.05, 4.69) is 0 Å². The Morgan fingerprint density at radius 3 is 2.36 bits per heavy atom. The highest BCUT2D eigenvalue weighted by molar-refractivity contribution is 7.89. The van der Waals surface area contributed by atoms with E-state index in [1.54, 1.807) is 35.7 Å². The molecule has 2 unspecified atom stereocenters. The second kappa shape index (κ2) is 9.16. The van der Waals surface area contributed by atoms with Gasteiger partial charge < -0.3 is 4.74 Å². The van der Waals surface area contributed by atoms with Crippen molar-refractivity contribution in [2.45, 2.75) is 56.0 Å². The Bertz CT molecular complexity index is 866. The van der Waals surface area contributed by atoms with E-state index in [1.807, 2.05) is 19.1 Å². The van der Waals surface area contributed by atoms with Crippen LogP contribution in [0.4, 0.5) is 4.39 Å². The van der Waals surface area contributed by atoms with Gasteiger partial charge in [0.05, 0.1) is 10.9 Å². The van der Waals surface area contributed by atoms with Gasteiger partial charge >= 0.3 is 0 Å². The van der Waals surface area contributed by atoms with Gasteiger partial charge in [-0.15, -0.1) is 0 Å². The SMILES string of the molecule is COCCCCC1CCC(c2ccc(F)cc2)N1S(=O)(=O)c1ccc(C)cc1. The van der Waals surface area contributed by atoms with Gasteiger partial charge in [-0.05, 0) is 68.9 Å². The number of ether oxygens (including phenoxy) is 1. The number of hydrogen-bond acceptors (Lipinski definition) is 3. The lowest BCUT2D eigenvalue weighted by molar-refractivity contribution is 0.189. The van der Waals surface area contributed by atoms with Crippen LogP contribution in [0.5, 0.6) is 0 Å². The Morgan fingerprint density at radius 1 is 1.04 bits per heavy atom. The van der Waals surface area contributed by atoms with Crippen LogP contribution in [-0.4, -0.2) is 32.5 Å². The fraction of sp³-hybridized carbons (Fsp3) is 0.455. The van der Waals surface area contributed by atoms with Gasteiger partial charge in [0.1, 0.15) is 5.82 Å². The molecule has 2 aromatic carbocycles. The van der Waals surface area contributed by atoms with Crippen molar-refractivity contribution < 1.29 is 17.5 Å². The average Bonchev–Trinajstić information content (AvgIpc) is 3.11. The summed E-state index contributed by atoms with van der Waals surface area (Å²) in [5, 5.41) is 0. The molecule has 0 bridgehead atoms. The number of unbranched alkanes of at least 4 members (excludes halogenated alkanes) is 1. The minimum Gasteiger partial charge on any atom is -0.385 e. The summed E-state index contributed by atoms with van der Waals surface area (Å²) >= 11 is 0. The highest BCUT2D eigenvalue weighted by atomic mass is 32.2. The van der Waals surface area contributed by atoms with Gasteiger partial charge in [0, 0.05) is 19.8 Å². The van der Waals surface area contributed by atoms with Crippen LogP contribution in [0.1, 0.15) is 49.3 Å². The van der Waals surface area contributed by atoms with Crippen molar-refractivity contribution in [2.75, 3.05) is 13.7 Å². The predicted molar refractivity (Wildman–Crippen MR) is 108 cm³/mol. The zero-order valence-electron chi connectivity index (χ0n) is 16.5. The molecule has 6 heteroatoms. The van der Waals surface area contributed by atoms with Gasteiger partial charge in [-0.3, -0.25) is 0 Å². The van der Waals surface area contributed by atoms with Gasteiger partial charge in [0.25, 0.3) is 0 Å². The Labute approximate surface area is 167 Å². The molecule has 0 saturated carbocycles. The van der Waals surface area contributed by atoms with Crippen LogP contribution in [0.3, 0.4) is 0 Å². The van der Waals surface area contributed by atoms with E-state index in [1.165, 1.54) is 12.1 Å². The molecule has 1 aliphatic rings. The molecule has 0 N–H and O–H groups in total. The number of halogens is 1. The Morgan fingerprint density at radius 2 is 1.71 bits per heavy atom. The van der Waals surface area contributed by atoms with Gasteiger partial charge in [0.15, 0.2) is 0 Å². The van der Waals surface area contributed by atoms with E-state index in [4.69, 9.17) is 4.74 Å². The summed E-state index contributed by atoms with van der Waals surface area (Å²) in [6.45, 7) is 2.62. The molecular formula is C22H28FNO3S. The third kappa shape index (κ3) is 4.62. The van der Waals surface area contributed by atoms with E-state index in [0.29, 0.717) is 11.5 Å². The van der Waals surface area contributed by atoms with E-state index < -0.39 is 10.0 Å². The molecule has 0 aromatic heterocycles. The molecule has 2 atom stereocenters. The second-order valence-electron chi connectivity index (χ2n) is 7.44. The summed E-state index contributed by atoms with van der Waals surface area (Å²) in [6.07, 6.45) is 4.17. The topological polar surface area (TPSA) is 46.6 Å². The molecule has 1 heterocycles. The minimum absolute atomic E-state index is 0.0572. The fourth-order valence-corrected chi connectivity index (χ4v) is 5.84. The zero-order chi connectivity index (χ0) is 20.1. The van der Waals surface area contributed by atoms with Crippen LogP contribution < -0.4 is 0 Å². The zero-order valence-corrected chi connectivity index (χ0v) is 17.3. The van der Waals surface area contributed by atoms with Gasteiger partial charge in [-0.25, -0.2) is 12.8 Å². The molecule has 0 spiro atoms. The van der Waals surface area contributed by atoms with E-state index in [9.17, 15) is 12.8 Å². The van der Waals surface area contributed by atoms with Crippen molar-refractivity contribution >= 4 is 10.0 Å². The van der Waals surface area contributed by atoms with Crippen LogP contribution in [0.15, 0.2) is 53.4 Å². The summed E-state index contributed by atoms with van der Waals surface area (Å²) in [4.78, 5) is 0.314. The second-order valence-corrected chi connectivity index (χ2v) is 9.28. The molecule has 0 amide bonds. The van der Waals surface area contributed by atoms with Crippen molar-refractivity contribution in [3.63, 3.8) is 0 Å². The van der Waals surface area contributed by atoms with Crippen molar-refractivity contribution in [2.24, 2.45) is 0 Å². The predicted octanol–water partition coefficient (Wildman–Crippen LogP) is 4.85. The standard InChI is InChI=1S/C22H28FNO3S/c1-17-6-13-21(14-7-17)28(25,26)24-20(5-3-4-16-27-2)12-15-22(24)18-8-10-19(23)11-9-18/h6-11,13-14,20,22H,3-5,12,15-16H2,1-2H3. The third-order valence-electron chi connectivity index (χ3n) is 5.43. The number of benzene rings is 2. The minimum atomic E-state index is -3.65. The molecule has 152 valence electrons. The Balaban J connectivity index is 1.92. The molecule has 3 rings (SSSR count). The summed E-state index contributed by atoms with van der Waals surface area (Å²) in [5.74, 6) is -0.314. The van der Waals surface area contributed by atoms with Crippen LogP contribution in [0.25, 0.3) is 0 Å². The lowest BCUT2D eigenvalue weighted by Gasteiger charge is -2.30. The van der Waals surface area contributed by atoms with Crippen LogP contribution >= 0.6 is 0 Å². The largest absolute Gasteiger partial charge is 0.385 e. The monoisotopic (exact) mass is 405 g/mol. The molecule has 4 nitrogen and oxygen atoms in total. The molecule has 28 heavy (non-hydrogen) atoms. The summed E-state index contributed by atoms with van der Waals surface area (Å²) in [7, 11) is -1.97. The van der Waals surface area contributed by atoms with E-state index >= 15 is 0 Å². The first-order valence-electron chi connectivity index (χ1n) is 9.78. The summed E-state index contributed by atoms with van der Waals surface area (Å²) in [6, 6.07) is 12.9. The maximum atomic E-state index is 13.5. The number of sulfonamides is 1. The fourth-order valence-electron chi connectivity index (χ4n) is 3.95. The van der Waals surface area contributed by atoms with Crippen molar-refractivity contribution in [3.05, 3.63) is 65.5 Å². The van der Waals surface area contributed by atoms with Crippen LogP contribution in [0, 0.1) is 12.7 Å². The van der Waals surface area contributed by atoms with Gasteiger partial charge in [-0.1, -0.05) is 29.8 Å². The first kappa shape index (κ1) is 21.0. The average molecular weight is 406 g/mol. The first-order valence-corrected chi connectivity index (χ1v) is 11.2.